The molecular formula is C24H27SiTi. The van der Waals surface area contributed by atoms with Crippen molar-refractivity contribution in [3.05, 3.63) is 121 Å². The molecule has 2 heteroatoms. The van der Waals surface area contributed by atoms with E-state index in [2.05, 4.69) is 61.6 Å². The fourth-order valence-corrected chi connectivity index (χ4v) is 1.90. The molecule has 26 heavy (non-hydrogen) atoms. The van der Waals surface area contributed by atoms with Crippen molar-refractivity contribution in [2.45, 2.75) is 13.1 Å². The van der Waals surface area contributed by atoms with Gasteiger partial charge in [0.2, 0.25) is 0 Å². The Labute approximate surface area is 176 Å². The van der Waals surface area contributed by atoms with Crippen molar-refractivity contribution in [2.75, 3.05) is 0 Å². The van der Waals surface area contributed by atoms with Crippen molar-refractivity contribution in [2.24, 2.45) is 0 Å². The van der Waals surface area contributed by atoms with E-state index < -0.39 is 0 Å². The zero-order chi connectivity index (χ0) is 18.0. The molecule has 0 nitrogen and oxygen atoms in total. The molecule has 0 aliphatic rings. The summed E-state index contributed by atoms with van der Waals surface area (Å²) in [5, 5.41) is 0. The van der Waals surface area contributed by atoms with E-state index in [1.807, 2.05) is 72.8 Å². The average Bonchev–Trinajstić information content (AvgIpc) is 3.42. The van der Waals surface area contributed by atoms with Gasteiger partial charge in [-0.3, -0.25) is 0 Å². The molecule has 0 atom stereocenters. The van der Waals surface area contributed by atoms with Crippen LogP contribution in [0.5, 0.6) is 0 Å². The zero-order valence-electron chi connectivity index (χ0n) is 15.6. The summed E-state index contributed by atoms with van der Waals surface area (Å²) in [6, 6.07) is 40.8. The quantitative estimate of drug-likeness (QED) is 0.251. The molecule has 0 heterocycles. The van der Waals surface area contributed by atoms with Crippen molar-refractivity contribution < 1.29 is 21.7 Å². The maximum atomic E-state index is 2.21. The van der Waals surface area contributed by atoms with Gasteiger partial charge in [-0.25, -0.2) is 24.3 Å². The molecule has 4 aromatic rings. The van der Waals surface area contributed by atoms with Gasteiger partial charge >= 0.3 is 21.7 Å². The van der Waals surface area contributed by atoms with Gasteiger partial charge < -0.3 is 0 Å². The van der Waals surface area contributed by atoms with Crippen LogP contribution in [0.3, 0.4) is 0 Å². The molecule has 0 N–H and O–H groups in total. The molecule has 0 amide bonds. The van der Waals surface area contributed by atoms with E-state index in [1.54, 1.807) is 0 Å². The second-order valence-electron chi connectivity index (χ2n) is 5.23. The standard InChI is InChI=1S/C12H10.2C5H5.C2H7Si.Ti/c1-3-7-11(8-4-1)12-9-5-2-6-10-12;2*1-2-4-5-3-1;1-3-2;/h1-10H;2*1-5H;3H,1-2H3;/q;2*-1;;+2. The molecular weight excluding hydrogens is 364 g/mol. The predicted octanol–water partition coefficient (Wildman–Crippen LogP) is 6.68. The fraction of sp³-hybridized carbons (Fsp3) is 0.0833. The first kappa shape index (κ1) is 24.1. The first-order valence-electron chi connectivity index (χ1n) is 8.56. The number of rotatable bonds is 1. The van der Waals surface area contributed by atoms with Crippen LogP contribution >= 0.6 is 0 Å². The van der Waals surface area contributed by atoms with E-state index in [4.69, 9.17) is 0 Å². The van der Waals surface area contributed by atoms with E-state index in [0.717, 1.165) is 9.52 Å². The normalized spacial score (nSPS) is 8.23. The average molecular weight is 391 g/mol. The van der Waals surface area contributed by atoms with Crippen LogP contribution in [0.1, 0.15) is 0 Å². The van der Waals surface area contributed by atoms with E-state index in [1.165, 1.54) is 11.1 Å². The third-order valence-corrected chi connectivity index (χ3v) is 2.99. The molecule has 1 radical (unpaired) electrons. The molecule has 0 saturated carbocycles. The van der Waals surface area contributed by atoms with Gasteiger partial charge in [0.25, 0.3) is 0 Å². The minimum atomic E-state index is 0. The minimum Gasteiger partial charge on any atom is -0.214 e. The van der Waals surface area contributed by atoms with Gasteiger partial charge in [-0.15, -0.1) is 0 Å². The van der Waals surface area contributed by atoms with Crippen LogP contribution in [-0.4, -0.2) is 9.52 Å². The van der Waals surface area contributed by atoms with E-state index in [9.17, 15) is 0 Å². The summed E-state index contributed by atoms with van der Waals surface area (Å²) in [4.78, 5) is 0. The fourth-order valence-electron chi connectivity index (χ4n) is 1.90. The van der Waals surface area contributed by atoms with Crippen LogP contribution in [0.4, 0.5) is 0 Å². The maximum Gasteiger partial charge on any atom is 2.00 e. The molecule has 4 rings (SSSR count). The van der Waals surface area contributed by atoms with E-state index in [-0.39, 0.29) is 21.7 Å². The first-order chi connectivity index (χ1) is 12.4. The summed E-state index contributed by atoms with van der Waals surface area (Å²) in [6.07, 6.45) is 0. The van der Waals surface area contributed by atoms with Gasteiger partial charge in [-0.2, -0.15) is 36.4 Å². The second kappa shape index (κ2) is 17.9. The van der Waals surface area contributed by atoms with Crippen molar-refractivity contribution >= 4 is 9.52 Å². The molecule has 0 aromatic heterocycles. The van der Waals surface area contributed by atoms with Crippen molar-refractivity contribution in [3.63, 3.8) is 0 Å². The molecule has 4 aromatic carbocycles. The number of hydrogen-bond acceptors (Lipinski definition) is 0. The Morgan fingerprint density at radius 3 is 0.962 bits per heavy atom. The third kappa shape index (κ3) is 12.4. The largest absolute Gasteiger partial charge is 2.00 e. The van der Waals surface area contributed by atoms with Gasteiger partial charge in [0, 0.05) is 9.52 Å². The summed E-state index contributed by atoms with van der Waals surface area (Å²) in [5.41, 5.74) is 2.55. The summed E-state index contributed by atoms with van der Waals surface area (Å²) < 4.78 is 0. The Morgan fingerprint density at radius 1 is 0.500 bits per heavy atom. The van der Waals surface area contributed by atoms with E-state index in [0.29, 0.717) is 0 Å². The topological polar surface area (TPSA) is 0 Å². The van der Waals surface area contributed by atoms with Crippen LogP contribution < -0.4 is 0 Å². The van der Waals surface area contributed by atoms with Crippen LogP contribution in [0.15, 0.2) is 121 Å². The molecule has 0 aliphatic carbocycles. The van der Waals surface area contributed by atoms with E-state index >= 15 is 0 Å². The molecule has 131 valence electrons. The monoisotopic (exact) mass is 391 g/mol. The molecule has 0 spiro atoms. The molecule has 0 fully saturated rings. The Balaban J connectivity index is 0.000000373. The third-order valence-electron chi connectivity index (χ3n) is 2.99. The summed E-state index contributed by atoms with van der Waals surface area (Å²) >= 11 is 0. The number of hydrogen-bond donors (Lipinski definition) is 0. The van der Waals surface area contributed by atoms with Crippen molar-refractivity contribution in [1.29, 1.82) is 0 Å². The molecule has 0 unspecified atom stereocenters. The summed E-state index contributed by atoms with van der Waals surface area (Å²) in [5.74, 6) is 0. The van der Waals surface area contributed by atoms with Crippen LogP contribution in [0.2, 0.25) is 13.1 Å². The SMILES string of the molecule is C[SiH]C.[Ti+2].c1cc[cH-]c1.c1cc[cH-]c1.c1ccc(-c2ccccc2)cc1. The summed E-state index contributed by atoms with van der Waals surface area (Å²) in [7, 11) is 0.750. The molecule has 0 aliphatic heterocycles. The second-order valence-corrected chi connectivity index (χ2v) is 6.39. The summed E-state index contributed by atoms with van der Waals surface area (Å²) in [6.45, 7) is 4.42. The zero-order valence-corrected chi connectivity index (χ0v) is 18.3. The van der Waals surface area contributed by atoms with Crippen LogP contribution in [0.25, 0.3) is 11.1 Å². The van der Waals surface area contributed by atoms with Crippen LogP contribution in [0, 0.1) is 0 Å². The first-order valence-corrected chi connectivity index (χ1v) is 10.9. The molecule has 0 saturated heterocycles. The van der Waals surface area contributed by atoms with Crippen LogP contribution in [-0.2, 0) is 21.7 Å². The van der Waals surface area contributed by atoms with Gasteiger partial charge in [0.1, 0.15) is 0 Å². The number of benzene rings is 2. The maximum absolute atomic E-state index is 2.21. The van der Waals surface area contributed by atoms with Gasteiger partial charge in [0.15, 0.2) is 0 Å². The molecule has 0 bridgehead atoms. The van der Waals surface area contributed by atoms with Gasteiger partial charge in [-0.1, -0.05) is 73.8 Å². The van der Waals surface area contributed by atoms with Gasteiger partial charge in [0.05, 0.1) is 0 Å². The predicted molar refractivity (Wildman–Crippen MR) is 115 cm³/mol. The minimum absolute atomic E-state index is 0. The Bertz CT molecular complexity index is 588. The Hall–Kier alpha value is -1.93. The van der Waals surface area contributed by atoms with Gasteiger partial charge in [-0.05, 0) is 11.1 Å². The smallest absolute Gasteiger partial charge is 0.214 e. The van der Waals surface area contributed by atoms with Crippen molar-refractivity contribution in [3.8, 4) is 11.1 Å². The Morgan fingerprint density at radius 2 is 0.769 bits per heavy atom. The Kier molecular flexibility index (Phi) is 16.6. The van der Waals surface area contributed by atoms with Crippen molar-refractivity contribution in [1.82, 2.24) is 0 Å².